The molecule has 1 saturated heterocycles. The summed E-state index contributed by atoms with van der Waals surface area (Å²) in [6, 6.07) is 13.4. The first-order chi connectivity index (χ1) is 13.0. The van der Waals surface area contributed by atoms with Gasteiger partial charge in [0.05, 0.1) is 23.8 Å². The van der Waals surface area contributed by atoms with Crippen LogP contribution in [0.25, 0.3) is 6.08 Å². The molecule has 0 bridgehead atoms. The van der Waals surface area contributed by atoms with Crippen molar-refractivity contribution in [1.82, 2.24) is 0 Å². The molecule has 27 heavy (non-hydrogen) atoms. The van der Waals surface area contributed by atoms with Gasteiger partial charge in [0.2, 0.25) is 0 Å². The smallest absolute Gasteiger partial charge is 0.270 e. The summed E-state index contributed by atoms with van der Waals surface area (Å²) in [5, 5.41) is 0. The number of nitrogens with zero attached hydrogens (tertiary/aromatic N) is 1. The molecular formula is C21H21NO3S2. The molecule has 0 aliphatic carbocycles. The van der Waals surface area contributed by atoms with Crippen LogP contribution >= 0.6 is 24.0 Å². The molecule has 0 unspecified atom stereocenters. The fraction of sp³-hybridized carbons (Fsp3) is 0.238. The zero-order valence-corrected chi connectivity index (χ0v) is 17.2. The predicted molar refractivity (Wildman–Crippen MR) is 116 cm³/mol. The number of rotatable bonds is 6. The van der Waals surface area contributed by atoms with Crippen LogP contribution in [0.1, 0.15) is 25.0 Å². The summed E-state index contributed by atoms with van der Waals surface area (Å²) in [6.45, 7) is 6.96. The van der Waals surface area contributed by atoms with E-state index in [1.54, 1.807) is 4.90 Å². The number of ether oxygens (including phenoxy) is 2. The molecule has 1 heterocycles. The van der Waals surface area contributed by atoms with Gasteiger partial charge in [-0.25, -0.2) is 0 Å². The van der Waals surface area contributed by atoms with Gasteiger partial charge in [0, 0.05) is 11.6 Å². The molecule has 1 aliphatic rings. The summed E-state index contributed by atoms with van der Waals surface area (Å²) in [4.78, 5) is 15.1. The second-order valence-corrected chi connectivity index (χ2v) is 7.60. The monoisotopic (exact) mass is 399 g/mol. The lowest BCUT2D eigenvalue weighted by molar-refractivity contribution is -0.113. The second kappa shape index (κ2) is 8.59. The summed E-state index contributed by atoms with van der Waals surface area (Å²) in [7, 11) is 0. The molecule has 4 nitrogen and oxygen atoms in total. The Balaban J connectivity index is 1.93. The third-order valence-electron chi connectivity index (χ3n) is 3.94. The first kappa shape index (κ1) is 19.5. The third-order valence-corrected chi connectivity index (χ3v) is 5.24. The third kappa shape index (κ3) is 4.34. The lowest BCUT2D eigenvalue weighted by Crippen LogP contribution is -2.27. The first-order valence-corrected chi connectivity index (χ1v) is 10.00. The SMILES string of the molecule is CCOc1ccc(/C=C2/SC(=S)N(c3cccc(C)c3)C2=O)c(OCC)c1. The number of benzene rings is 2. The first-order valence-electron chi connectivity index (χ1n) is 8.77. The van der Waals surface area contributed by atoms with Crippen LogP contribution in [-0.4, -0.2) is 23.4 Å². The largest absolute Gasteiger partial charge is 0.494 e. The molecule has 0 radical (unpaired) electrons. The van der Waals surface area contributed by atoms with Crippen LogP contribution in [0, 0.1) is 6.92 Å². The molecule has 2 aromatic carbocycles. The molecule has 0 saturated carbocycles. The Bertz CT molecular complexity index is 908. The molecule has 1 fully saturated rings. The predicted octanol–water partition coefficient (Wildman–Crippen LogP) is 5.20. The summed E-state index contributed by atoms with van der Waals surface area (Å²) >= 11 is 6.75. The number of amides is 1. The van der Waals surface area contributed by atoms with Gasteiger partial charge in [-0.05, 0) is 56.7 Å². The van der Waals surface area contributed by atoms with Crippen molar-refractivity contribution in [2.45, 2.75) is 20.8 Å². The van der Waals surface area contributed by atoms with Crippen LogP contribution < -0.4 is 14.4 Å². The van der Waals surface area contributed by atoms with Gasteiger partial charge in [-0.1, -0.05) is 36.1 Å². The molecule has 0 N–H and O–H groups in total. The Morgan fingerprint density at radius 1 is 1.11 bits per heavy atom. The molecule has 1 amide bonds. The van der Waals surface area contributed by atoms with Crippen molar-refractivity contribution < 1.29 is 14.3 Å². The van der Waals surface area contributed by atoms with Crippen LogP contribution in [-0.2, 0) is 4.79 Å². The average Bonchev–Trinajstić information content (AvgIpc) is 2.91. The van der Waals surface area contributed by atoms with E-state index in [1.165, 1.54) is 11.8 Å². The van der Waals surface area contributed by atoms with Gasteiger partial charge in [-0.2, -0.15) is 0 Å². The molecule has 2 aromatic rings. The highest BCUT2D eigenvalue weighted by Gasteiger charge is 2.33. The van der Waals surface area contributed by atoms with Crippen LogP contribution in [0.4, 0.5) is 5.69 Å². The highest BCUT2D eigenvalue weighted by molar-refractivity contribution is 8.27. The maximum atomic E-state index is 13.0. The fourth-order valence-electron chi connectivity index (χ4n) is 2.77. The second-order valence-electron chi connectivity index (χ2n) is 5.92. The Morgan fingerprint density at radius 2 is 1.89 bits per heavy atom. The number of hydrogen-bond acceptors (Lipinski definition) is 5. The minimum absolute atomic E-state index is 0.119. The minimum atomic E-state index is -0.119. The Hall–Kier alpha value is -2.31. The van der Waals surface area contributed by atoms with Crippen LogP contribution in [0.2, 0.25) is 0 Å². The summed E-state index contributed by atoms with van der Waals surface area (Å²) in [6.07, 6.45) is 1.83. The average molecular weight is 400 g/mol. The normalized spacial score (nSPS) is 15.5. The quantitative estimate of drug-likeness (QED) is 0.493. The van der Waals surface area contributed by atoms with E-state index >= 15 is 0 Å². The highest BCUT2D eigenvalue weighted by atomic mass is 32.2. The zero-order valence-electron chi connectivity index (χ0n) is 15.5. The van der Waals surface area contributed by atoms with E-state index in [4.69, 9.17) is 21.7 Å². The number of anilines is 1. The van der Waals surface area contributed by atoms with E-state index < -0.39 is 0 Å². The van der Waals surface area contributed by atoms with Gasteiger partial charge in [0.25, 0.3) is 5.91 Å². The Morgan fingerprint density at radius 3 is 2.59 bits per heavy atom. The van der Waals surface area contributed by atoms with Crippen molar-refractivity contribution in [3.8, 4) is 11.5 Å². The molecule has 0 atom stereocenters. The van der Waals surface area contributed by atoms with Gasteiger partial charge >= 0.3 is 0 Å². The van der Waals surface area contributed by atoms with Crippen LogP contribution in [0.3, 0.4) is 0 Å². The van der Waals surface area contributed by atoms with E-state index in [2.05, 4.69) is 0 Å². The molecule has 0 aromatic heterocycles. The Kier molecular flexibility index (Phi) is 6.19. The topological polar surface area (TPSA) is 38.8 Å². The standard InChI is InChI=1S/C21H21NO3S2/c1-4-24-17-10-9-15(18(13-17)25-5-2)12-19-20(23)22(21(26)27-19)16-8-6-7-14(3)11-16/h6-13H,4-5H2,1-3H3/b19-12+. The van der Waals surface area contributed by atoms with Gasteiger partial charge < -0.3 is 9.47 Å². The van der Waals surface area contributed by atoms with E-state index in [0.717, 1.165) is 22.6 Å². The van der Waals surface area contributed by atoms with E-state index in [1.807, 2.05) is 69.3 Å². The summed E-state index contributed by atoms with van der Waals surface area (Å²) in [5.74, 6) is 1.31. The lowest BCUT2D eigenvalue weighted by Gasteiger charge is -2.15. The molecule has 1 aliphatic heterocycles. The minimum Gasteiger partial charge on any atom is -0.494 e. The summed E-state index contributed by atoms with van der Waals surface area (Å²) in [5.41, 5.74) is 2.69. The zero-order chi connectivity index (χ0) is 19.4. The highest BCUT2D eigenvalue weighted by Crippen LogP contribution is 2.38. The number of aryl methyl sites for hydroxylation is 1. The maximum absolute atomic E-state index is 13.0. The fourth-order valence-corrected chi connectivity index (χ4v) is 4.06. The van der Waals surface area contributed by atoms with Gasteiger partial charge in [0.15, 0.2) is 4.32 Å². The maximum Gasteiger partial charge on any atom is 0.270 e. The van der Waals surface area contributed by atoms with Crippen molar-refractivity contribution in [1.29, 1.82) is 0 Å². The number of carbonyl (C=O) groups excluding carboxylic acids is 1. The van der Waals surface area contributed by atoms with Gasteiger partial charge in [-0.15, -0.1) is 0 Å². The van der Waals surface area contributed by atoms with Crippen molar-refractivity contribution in [2.24, 2.45) is 0 Å². The molecule has 3 rings (SSSR count). The van der Waals surface area contributed by atoms with Crippen molar-refractivity contribution in [3.63, 3.8) is 0 Å². The Labute approximate surface area is 169 Å². The van der Waals surface area contributed by atoms with E-state index in [9.17, 15) is 4.79 Å². The number of hydrogen-bond donors (Lipinski definition) is 0. The lowest BCUT2D eigenvalue weighted by atomic mass is 10.1. The molecular weight excluding hydrogens is 378 g/mol. The number of carbonyl (C=O) groups is 1. The van der Waals surface area contributed by atoms with E-state index in [0.29, 0.717) is 28.2 Å². The van der Waals surface area contributed by atoms with Gasteiger partial charge in [0.1, 0.15) is 11.5 Å². The summed E-state index contributed by atoms with van der Waals surface area (Å²) < 4.78 is 11.8. The van der Waals surface area contributed by atoms with Crippen molar-refractivity contribution >= 4 is 46.0 Å². The van der Waals surface area contributed by atoms with Crippen LogP contribution in [0.5, 0.6) is 11.5 Å². The molecule has 6 heteroatoms. The molecule has 0 spiro atoms. The van der Waals surface area contributed by atoms with Crippen molar-refractivity contribution in [2.75, 3.05) is 18.1 Å². The number of thioether (sulfide) groups is 1. The van der Waals surface area contributed by atoms with Gasteiger partial charge in [-0.3, -0.25) is 9.69 Å². The van der Waals surface area contributed by atoms with Crippen LogP contribution in [0.15, 0.2) is 47.4 Å². The number of thiocarbonyl (C=S) groups is 1. The van der Waals surface area contributed by atoms with Crippen molar-refractivity contribution in [3.05, 3.63) is 58.5 Å². The van der Waals surface area contributed by atoms with E-state index in [-0.39, 0.29) is 5.91 Å². The molecule has 140 valence electrons.